The Morgan fingerprint density at radius 2 is 2.12 bits per heavy atom. The fourth-order valence-corrected chi connectivity index (χ4v) is 1.94. The van der Waals surface area contributed by atoms with Crippen molar-refractivity contribution < 1.29 is 9.72 Å². The van der Waals surface area contributed by atoms with E-state index in [1.54, 1.807) is 25.5 Å². The van der Waals surface area contributed by atoms with Gasteiger partial charge in [0.05, 0.1) is 10.8 Å². The van der Waals surface area contributed by atoms with E-state index in [4.69, 9.17) is 0 Å². The molecular formula is C11H17N3O3. The van der Waals surface area contributed by atoms with Gasteiger partial charge in [0.1, 0.15) is 17.2 Å². The van der Waals surface area contributed by atoms with Crippen LogP contribution in [0.2, 0.25) is 0 Å². The zero-order valence-corrected chi connectivity index (χ0v) is 10.6. The molecule has 0 aliphatic rings. The normalized spacial score (nSPS) is 12.5. The van der Waals surface area contributed by atoms with Crippen molar-refractivity contribution >= 4 is 11.5 Å². The summed E-state index contributed by atoms with van der Waals surface area (Å²) in [5, 5.41) is 15.1. The van der Waals surface area contributed by atoms with Crippen LogP contribution in [0.4, 0.5) is 5.69 Å². The molecule has 0 radical (unpaired) electrons. The van der Waals surface area contributed by atoms with Crippen molar-refractivity contribution in [2.75, 3.05) is 0 Å². The number of Topliss-reactive ketones (excluding diaryl/α,β-unsaturated/α-hetero) is 1. The number of hydrogen-bond acceptors (Lipinski definition) is 4. The van der Waals surface area contributed by atoms with Gasteiger partial charge in [-0.2, -0.15) is 5.10 Å². The Hall–Kier alpha value is -1.72. The third-order valence-corrected chi connectivity index (χ3v) is 2.86. The van der Waals surface area contributed by atoms with Gasteiger partial charge < -0.3 is 0 Å². The zero-order valence-electron chi connectivity index (χ0n) is 10.6. The number of carbonyl (C=O) groups is 1. The maximum Gasteiger partial charge on any atom is 0.313 e. The standard InChI is InChI=1S/C11H17N3O3/c1-5-9(15)7(3)10-11(14(16)17)8(4)12-13(10)6-2/h7H,5-6H2,1-4H3. The second-order valence-electron chi connectivity index (χ2n) is 3.93. The van der Waals surface area contributed by atoms with Crippen LogP contribution in [0, 0.1) is 17.0 Å². The zero-order chi connectivity index (χ0) is 13.2. The first-order valence-electron chi connectivity index (χ1n) is 5.68. The number of nitrogens with zero attached hydrogens (tertiary/aromatic N) is 3. The van der Waals surface area contributed by atoms with Crippen LogP contribution >= 0.6 is 0 Å². The van der Waals surface area contributed by atoms with E-state index >= 15 is 0 Å². The van der Waals surface area contributed by atoms with Crippen molar-refractivity contribution in [2.24, 2.45) is 0 Å². The molecule has 0 aliphatic carbocycles. The van der Waals surface area contributed by atoms with Gasteiger partial charge in [-0.1, -0.05) is 6.92 Å². The molecule has 1 heterocycles. The van der Waals surface area contributed by atoms with E-state index in [1.165, 1.54) is 0 Å². The van der Waals surface area contributed by atoms with Crippen LogP contribution in [0.3, 0.4) is 0 Å². The third-order valence-electron chi connectivity index (χ3n) is 2.86. The van der Waals surface area contributed by atoms with Crippen molar-refractivity contribution in [2.45, 2.75) is 46.6 Å². The molecule has 0 fully saturated rings. The van der Waals surface area contributed by atoms with Crippen molar-refractivity contribution in [3.8, 4) is 0 Å². The molecule has 0 aliphatic heterocycles. The minimum Gasteiger partial charge on any atom is -0.299 e. The quantitative estimate of drug-likeness (QED) is 0.583. The maximum atomic E-state index is 11.7. The summed E-state index contributed by atoms with van der Waals surface area (Å²) in [5.41, 5.74) is 0.755. The number of hydrogen-bond donors (Lipinski definition) is 0. The number of rotatable bonds is 5. The Bertz CT molecular complexity index is 451. The van der Waals surface area contributed by atoms with Gasteiger partial charge in [-0.25, -0.2) is 0 Å². The molecule has 0 saturated carbocycles. The minimum absolute atomic E-state index is 0.0114. The van der Waals surface area contributed by atoms with E-state index in [2.05, 4.69) is 5.10 Å². The first kappa shape index (κ1) is 13.3. The Morgan fingerprint density at radius 1 is 1.53 bits per heavy atom. The minimum atomic E-state index is -0.485. The summed E-state index contributed by atoms with van der Waals surface area (Å²) in [7, 11) is 0. The summed E-state index contributed by atoms with van der Waals surface area (Å²) in [6.45, 7) is 7.41. The average Bonchev–Trinajstić information content (AvgIpc) is 2.63. The van der Waals surface area contributed by atoms with Gasteiger partial charge in [-0.05, 0) is 20.8 Å². The lowest BCUT2D eigenvalue weighted by Crippen LogP contribution is -2.14. The number of ketones is 1. The summed E-state index contributed by atoms with van der Waals surface area (Å²) in [6, 6.07) is 0. The van der Waals surface area contributed by atoms with Crippen LogP contribution in [0.25, 0.3) is 0 Å². The van der Waals surface area contributed by atoms with Crippen molar-refractivity contribution in [3.05, 3.63) is 21.5 Å². The van der Waals surface area contributed by atoms with Gasteiger partial charge in [0, 0.05) is 13.0 Å². The monoisotopic (exact) mass is 239 g/mol. The predicted octanol–water partition coefficient (Wildman–Crippen LogP) is 2.20. The fourth-order valence-electron chi connectivity index (χ4n) is 1.94. The summed E-state index contributed by atoms with van der Waals surface area (Å²) in [4.78, 5) is 22.3. The Labute approximate surface area is 99.8 Å². The molecule has 0 bridgehead atoms. The first-order valence-corrected chi connectivity index (χ1v) is 5.68. The molecule has 6 nitrogen and oxygen atoms in total. The highest BCUT2D eigenvalue weighted by Crippen LogP contribution is 2.30. The third kappa shape index (κ3) is 2.35. The molecule has 6 heteroatoms. The molecule has 17 heavy (non-hydrogen) atoms. The van der Waals surface area contributed by atoms with Gasteiger partial charge in [0.15, 0.2) is 0 Å². The van der Waals surface area contributed by atoms with Gasteiger partial charge >= 0.3 is 5.69 Å². The second-order valence-corrected chi connectivity index (χ2v) is 3.93. The fraction of sp³-hybridized carbons (Fsp3) is 0.636. The summed E-state index contributed by atoms with van der Waals surface area (Å²) in [5.74, 6) is -0.496. The van der Waals surface area contributed by atoms with E-state index in [-0.39, 0.29) is 11.5 Å². The molecule has 94 valence electrons. The van der Waals surface area contributed by atoms with E-state index < -0.39 is 10.8 Å². The molecule has 0 saturated heterocycles. The summed E-state index contributed by atoms with van der Waals surface area (Å²) in [6.07, 6.45) is 0.367. The molecule has 0 aromatic carbocycles. The Balaban J connectivity index is 3.37. The highest BCUT2D eigenvalue weighted by molar-refractivity contribution is 5.85. The van der Waals surface area contributed by atoms with Gasteiger partial charge in [0.25, 0.3) is 0 Å². The number of aromatic nitrogens is 2. The van der Waals surface area contributed by atoms with Crippen molar-refractivity contribution in [3.63, 3.8) is 0 Å². The Kier molecular flexibility index (Phi) is 3.98. The van der Waals surface area contributed by atoms with Crippen LogP contribution in [-0.2, 0) is 11.3 Å². The van der Waals surface area contributed by atoms with E-state index in [0.29, 0.717) is 24.4 Å². The first-order chi connectivity index (χ1) is 7.93. The molecule has 1 atom stereocenters. The highest BCUT2D eigenvalue weighted by atomic mass is 16.6. The highest BCUT2D eigenvalue weighted by Gasteiger charge is 2.31. The average molecular weight is 239 g/mol. The lowest BCUT2D eigenvalue weighted by molar-refractivity contribution is -0.386. The van der Waals surface area contributed by atoms with E-state index in [0.717, 1.165) is 0 Å². The van der Waals surface area contributed by atoms with Crippen LogP contribution < -0.4 is 0 Å². The molecule has 1 rings (SSSR count). The summed E-state index contributed by atoms with van der Waals surface area (Å²) < 4.78 is 1.55. The number of nitro groups is 1. The molecular weight excluding hydrogens is 222 g/mol. The smallest absolute Gasteiger partial charge is 0.299 e. The van der Waals surface area contributed by atoms with Crippen LogP contribution in [0.15, 0.2) is 0 Å². The second kappa shape index (κ2) is 5.07. The van der Waals surface area contributed by atoms with Gasteiger partial charge in [-0.3, -0.25) is 19.6 Å². The van der Waals surface area contributed by atoms with Crippen molar-refractivity contribution in [1.82, 2.24) is 9.78 Å². The van der Waals surface area contributed by atoms with Crippen LogP contribution in [0.1, 0.15) is 44.5 Å². The SMILES string of the molecule is CCC(=O)C(C)c1c([N+](=O)[O-])c(C)nn1CC. The molecule has 1 aromatic rings. The molecule has 0 spiro atoms. The van der Waals surface area contributed by atoms with Crippen LogP contribution in [0.5, 0.6) is 0 Å². The maximum absolute atomic E-state index is 11.7. The van der Waals surface area contributed by atoms with Crippen LogP contribution in [-0.4, -0.2) is 20.5 Å². The van der Waals surface area contributed by atoms with E-state index in [1.807, 2.05) is 6.92 Å². The van der Waals surface area contributed by atoms with Crippen molar-refractivity contribution in [1.29, 1.82) is 0 Å². The predicted molar refractivity (Wildman–Crippen MR) is 63.0 cm³/mol. The lowest BCUT2D eigenvalue weighted by Gasteiger charge is -2.10. The number of carbonyl (C=O) groups excluding carboxylic acids is 1. The summed E-state index contributed by atoms with van der Waals surface area (Å²) >= 11 is 0. The van der Waals surface area contributed by atoms with Gasteiger partial charge in [-0.15, -0.1) is 0 Å². The molecule has 0 N–H and O–H groups in total. The largest absolute Gasteiger partial charge is 0.313 e. The topological polar surface area (TPSA) is 78.0 Å². The lowest BCUT2D eigenvalue weighted by atomic mass is 9.99. The molecule has 1 unspecified atom stereocenters. The molecule has 1 aromatic heterocycles. The Morgan fingerprint density at radius 3 is 2.53 bits per heavy atom. The molecule has 0 amide bonds. The number of aryl methyl sites for hydroxylation is 2. The van der Waals surface area contributed by atoms with E-state index in [9.17, 15) is 14.9 Å². The van der Waals surface area contributed by atoms with Gasteiger partial charge in [0.2, 0.25) is 0 Å².